The summed E-state index contributed by atoms with van der Waals surface area (Å²) in [5.74, 6) is -1.30. The van der Waals surface area contributed by atoms with Crippen molar-refractivity contribution in [2.75, 3.05) is 19.7 Å². The second kappa shape index (κ2) is 8.62. The lowest BCUT2D eigenvalue weighted by molar-refractivity contribution is -0.940. The summed E-state index contributed by atoms with van der Waals surface area (Å²) in [5.41, 5.74) is 0. The Hall–Kier alpha value is -1.58. The van der Waals surface area contributed by atoms with Crippen LogP contribution in [0.15, 0.2) is 18.2 Å². The van der Waals surface area contributed by atoms with Gasteiger partial charge in [-0.3, -0.25) is 0 Å². The molecule has 0 aromatic heterocycles. The summed E-state index contributed by atoms with van der Waals surface area (Å²) < 4.78 is 48.7. The zero-order valence-electron chi connectivity index (χ0n) is 14.7. The first-order chi connectivity index (χ1) is 12.8. The van der Waals surface area contributed by atoms with Crippen molar-refractivity contribution >= 4 is 28.0 Å². The van der Waals surface area contributed by atoms with Gasteiger partial charge in [0.1, 0.15) is 6.61 Å². The van der Waals surface area contributed by atoms with Gasteiger partial charge in [-0.05, 0) is 50.3 Å². The first kappa shape index (κ1) is 20.2. The molecular formula is C17H23ClFN2O5S+. The maximum atomic E-state index is 13.6. The van der Waals surface area contributed by atoms with E-state index in [1.807, 2.05) is 0 Å². The monoisotopic (exact) mass is 421 g/mol. The smallest absolute Gasteiger partial charge is 0.423 e. The molecule has 0 aliphatic carbocycles. The molecule has 0 bridgehead atoms. The van der Waals surface area contributed by atoms with Crippen LogP contribution in [-0.4, -0.2) is 40.2 Å². The van der Waals surface area contributed by atoms with Crippen molar-refractivity contribution in [1.29, 1.82) is 0 Å². The van der Waals surface area contributed by atoms with Crippen molar-refractivity contribution in [1.82, 2.24) is 4.72 Å². The van der Waals surface area contributed by atoms with Crippen molar-refractivity contribution < 1.29 is 31.4 Å². The number of benzene rings is 1. The van der Waals surface area contributed by atoms with Crippen molar-refractivity contribution in [2.45, 2.75) is 38.1 Å². The third-order valence-electron chi connectivity index (χ3n) is 5.16. The maximum Gasteiger partial charge on any atom is 0.423 e. The molecule has 1 aromatic rings. The lowest BCUT2D eigenvalue weighted by atomic mass is 9.84. The average Bonchev–Trinajstić information content (AvgIpc) is 2.62. The fourth-order valence-corrected chi connectivity index (χ4v) is 4.81. The Balaban J connectivity index is 1.52. The standard InChI is InChI=1S/C17H22ClFN2O5S/c18-13-6-7-16(14(19)10-13)26-27(23,24)20-17(22)25-11-12-4-3-9-21-8-2-1-5-15(12)21/h6-7,10,12,15H,1-5,8-9,11H2,(H,20,22)/p+1/t12-,15-/m0/s1. The molecule has 7 nitrogen and oxygen atoms in total. The number of piperidine rings is 2. The number of ether oxygens (including phenoxy) is 1. The Morgan fingerprint density at radius 3 is 2.81 bits per heavy atom. The normalized spacial score (nSPS) is 25.3. The van der Waals surface area contributed by atoms with Gasteiger partial charge in [-0.1, -0.05) is 11.6 Å². The third kappa shape index (κ3) is 5.46. The molecule has 2 heterocycles. The van der Waals surface area contributed by atoms with E-state index in [0.29, 0.717) is 6.04 Å². The highest BCUT2D eigenvalue weighted by Gasteiger charge is 2.37. The number of nitrogens with one attached hydrogen (secondary N) is 2. The van der Waals surface area contributed by atoms with E-state index in [4.69, 9.17) is 16.3 Å². The van der Waals surface area contributed by atoms with E-state index in [0.717, 1.165) is 44.5 Å². The van der Waals surface area contributed by atoms with Crippen LogP contribution in [0.5, 0.6) is 5.75 Å². The van der Waals surface area contributed by atoms with Gasteiger partial charge in [0, 0.05) is 10.9 Å². The minimum atomic E-state index is -4.56. The fraction of sp³-hybridized carbons (Fsp3) is 0.588. The third-order valence-corrected chi connectivity index (χ3v) is 6.21. The summed E-state index contributed by atoms with van der Waals surface area (Å²) in [7, 11) is -4.56. The second-order valence-electron chi connectivity index (χ2n) is 6.98. The van der Waals surface area contributed by atoms with E-state index < -0.39 is 28.0 Å². The highest BCUT2D eigenvalue weighted by molar-refractivity contribution is 7.85. The molecule has 0 spiro atoms. The van der Waals surface area contributed by atoms with Crippen LogP contribution in [0, 0.1) is 11.7 Å². The Bertz CT molecular complexity index is 790. The maximum absolute atomic E-state index is 13.6. The van der Waals surface area contributed by atoms with Gasteiger partial charge in [-0.15, -0.1) is 0 Å². The van der Waals surface area contributed by atoms with E-state index in [9.17, 15) is 17.6 Å². The van der Waals surface area contributed by atoms with Crippen molar-refractivity contribution in [3.05, 3.63) is 29.0 Å². The van der Waals surface area contributed by atoms with Crippen LogP contribution >= 0.6 is 11.6 Å². The van der Waals surface area contributed by atoms with Crippen LogP contribution < -0.4 is 13.8 Å². The quantitative estimate of drug-likeness (QED) is 0.755. The summed E-state index contributed by atoms with van der Waals surface area (Å²) >= 11 is 5.60. The molecular weight excluding hydrogens is 399 g/mol. The van der Waals surface area contributed by atoms with Gasteiger partial charge in [-0.25, -0.2) is 9.18 Å². The lowest BCUT2D eigenvalue weighted by Gasteiger charge is -2.40. The highest BCUT2D eigenvalue weighted by Crippen LogP contribution is 2.23. The number of quaternary nitrogens is 1. The van der Waals surface area contributed by atoms with Gasteiger partial charge >= 0.3 is 16.4 Å². The topological polar surface area (TPSA) is 86.1 Å². The Kier molecular flexibility index (Phi) is 6.44. The number of carbonyl (C=O) groups excluding carboxylic acids is 1. The molecule has 2 saturated heterocycles. The summed E-state index contributed by atoms with van der Waals surface area (Å²) in [6, 6.07) is 3.70. The lowest BCUT2D eigenvalue weighted by Crippen LogP contribution is -3.18. The zero-order chi connectivity index (χ0) is 19.4. The molecule has 2 fully saturated rings. The van der Waals surface area contributed by atoms with Crippen LogP contribution in [0.25, 0.3) is 0 Å². The molecule has 2 aliphatic rings. The number of hydrogen-bond acceptors (Lipinski definition) is 5. The number of fused-ring (bicyclic) bond motifs is 1. The highest BCUT2D eigenvalue weighted by atomic mass is 35.5. The zero-order valence-corrected chi connectivity index (χ0v) is 16.3. The number of hydrogen-bond donors (Lipinski definition) is 2. The van der Waals surface area contributed by atoms with Gasteiger partial charge in [0.2, 0.25) is 0 Å². The van der Waals surface area contributed by atoms with Gasteiger partial charge in [0.05, 0.1) is 19.1 Å². The summed E-state index contributed by atoms with van der Waals surface area (Å²) in [5, 5.41) is 0.0935. The summed E-state index contributed by atoms with van der Waals surface area (Å²) in [6.45, 7) is 2.44. The molecule has 0 saturated carbocycles. The molecule has 2 N–H and O–H groups in total. The molecule has 1 aromatic carbocycles. The van der Waals surface area contributed by atoms with Crippen LogP contribution in [0.4, 0.5) is 9.18 Å². The largest absolute Gasteiger partial charge is 0.448 e. The minimum Gasteiger partial charge on any atom is -0.448 e. The Labute approximate surface area is 163 Å². The van der Waals surface area contributed by atoms with Crippen molar-refractivity contribution in [3.63, 3.8) is 0 Å². The van der Waals surface area contributed by atoms with Gasteiger partial charge < -0.3 is 13.8 Å². The van der Waals surface area contributed by atoms with E-state index in [-0.39, 0.29) is 17.5 Å². The average molecular weight is 422 g/mol. The van der Waals surface area contributed by atoms with Gasteiger partial charge in [0.25, 0.3) is 0 Å². The first-order valence-electron chi connectivity index (χ1n) is 9.03. The molecule has 150 valence electrons. The van der Waals surface area contributed by atoms with E-state index >= 15 is 0 Å². The minimum absolute atomic E-state index is 0.0935. The number of carbonyl (C=O) groups is 1. The van der Waals surface area contributed by atoms with E-state index in [1.54, 1.807) is 9.62 Å². The van der Waals surface area contributed by atoms with Gasteiger partial charge in [0.15, 0.2) is 11.6 Å². The SMILES string of the molecule is O=C(NS(=O)(=O)Oc1ccc(Cl)cc1F)OC[C@@H]1CCC[NH+]2CCCC[C@@H]12. The Morgan fingerprint density at radius 2 is 2.04 bits per heavy atom. The summed E-state index contributed by atoms with van der Waals surface area (Å²) in [4.78, 5) is 13.4. The molecule has 10 heteroatoms. The van der Waals surface area contributed by atoms with Gasteiger partial charge in [-0.2, -0.15) is 13.1 Å². The molecule has 3 atom stereocenters. The number of amides is 1. The van der Waals surface area contributed by atoms with Crippen LogP contribution in [-0.2, 0) is 15.0 Å². The van der Waals surface area contributed by atoms with E-state index in [2.05, 4.69) is 4.18 Å². The first-order valence-corrected chi connectivity index (χ1v) is 10.8. The van der Waals surface area contributed by atoms with Crippen LogP contribution in [0.1, 0.15) is 32.1 Å². The predicted molar refractivity (Wildman–Crippen MR) is 96.5 cm³/mol. The predicted octanol–water partition coefficient (Wildman–Crippen LogP) is 1.68. The van der Waals surface area contributed by atoms with Crippen molar-refractivity contribution in [2.24, 2.45) is 5.92 Å². The number of halogens is 2. The molecule has 3 rings (SSSR count). The fourth-order valence-electron chi connectivity index (χ4n) is 3.97. The number of rotatable bonds is 5. The molecule has 2 aliphatic heterocycles. The second-order valence-corrected chi connectivity index (χ2v) is 8.69. The molecule has 0 radical (unpaired) electrons. The summed E-state index contributed by atoms with van der Waals surface area (Å²) in [6.07, 6.45) is 4.39. The van der Waals surface area contributed by atoms with E-state index in [1.165, 1.54) is 18.9 Å². The molecule has 1 amide bonds. The molecule has 27 heavy (non-hydrogen) atoms. The van der Waals surface area contributed by atoms with Crippen LogP contribution in [0.2, 0.25) is 5.02 Å². The molecule has 1 unspecified atom stereocenters. The van der Waals surface area contributed by atoms with Crippen LogP contribution in [0.3, 0.4) is 0 Å². The van der Waals surface area contributed by atoms with Crippen molar-refractivity contribution in [3.8, 4) is 5.75 Å². The Morgan fingerprint density at radius 1 is 1.26 bits per heavy atom.